The number of piperidine rings is 1. The molecule has 8 rings (SSSR count). The van der Waals surface area contributed by atoms with Crippen molar-refractivity contribution in [2.45, 2.75) is 75.7 Å². The molecule has 60 heavy (non-hydrogen) atoms. The predicted octanol–water partition coefficient (Wildman–Crippen LogP) is 5.44. The number of rotatable bonds is 12. The van der Waals surface area contributed by atoms with Gasteiger partial charge >= 0.3 is 6.18 Å². The lowest BCUT2D eigenvalue weighted by molar-refractivity contribution is -0.141. The Morgan fingerprint density at radius 1 is 1.00 bits per heavy atom. The van der Waals surface area contributed by atoms with Gasteiger partial charge in [-0.25, -0.2) is 4.98 Å². The van der Waals surface area contributed by atoms with Gasteiger partial charge in [0, 0.05) is 55.9 Å². The molecule has 5 amide bonds. The highest BCUT2D eigenvalue weighted by atomic mass is 19.4. The number of carbonyl (C=O) groups is 5. The van der Waals surface area contributed by atoms with Gasteiger partial charge in [0.05, 0.1) is 48.2 Å². The van der Waals surface area contributed by atoms with Gasteiger partial charge in [-0.05, 0) is 81.2 Å². The molecule has 1 saturated carbocycles. The topological polar surface area (TPSA) is 177 Å². The van der Waals surface area contributed by atoms with E-state index in [2.05, 4.69) is 25.8 Å². The van der Waals surface area contributed by atoms with Crippen LogP contribution in [0.3, 0.4) is 0 Å². The molecule has 1 aliphatic carbocycles. The van der Waals surface area contributed by atoms with Gasteiger partial charge in [-0.3, -0.25) is 43.8 Å². The molecule has 0 bridgehead atoms. The molecule has 2 aromatic heterocycles. The fraction of sp³-hybridized carbons (Fsp3) is 0.452. The summed E-state index contributed by atoms with van der Waals surface area (Å²) < 4.78 is 53.1. The molecule has 316 valence electrons. The Morgan fingerprint density at radius 2 is 1.80 bits per heavy atom. The highest BCUT2D eigenvalue weighted by Gasteiger charge is 2.45. The third-order valence-corrected chi connectivity index (χ3v) is 11.8. The maximum Gasteiger partial charge on any atom is 0.433 e. The molecule has 4 aromatic rings. The smallest absolute Gasteiger partial charge is 0.433 e. The minimum absolute atomic E-state index is 0.0614. The molecule has 15 nitrogen and oxygen atoms in total. The lowest BCUT2D eigenvalue weighted by Gasteiger charge is -2.37. The van der Waals surface area contributed by atoms with Gasteiger partial charge < -0.3 is 20.1 Å². The van der Waals surface area contributed by atoms with Crippen molar-refractivity contribution in [1.29, 1.82) is 0 Å². The minimum atomic E-state index is -4.68. The number of methoxy groups -OCH3 is 1. The molecule has 2 atom stereocenters. The molecule has 5 heterocycles. The van der Waals surface area contributed by atoms with Gasteiger partial charge in [0.2, 0.25) is 11.8 Å². The summed E-state index contributed by atoms with van der Waals surface area (Å²) in [7, 11) is 1.44. The van der Waals surface area contributed by atoms with Crippen LogP contribution < -0.4 is 20.7 Å². The number of fused-ring (bicyclic) bond motifs is 2. The van der Waals surface area contributed by atoms with E-state index >= 15 is 0 Å². The molecule has 3 N–H and O–H groups in total. The van der Waals surface area contributed by atoms with Crippen molar-refractivity contribution in [3.05, 3.63) is 77.2 Å². The average molecular weight is 831 g/mol. The number of pyridine rings is 1. The monoisotopic (exact) mass is 830 g/mol. The number of nitrogens with zero attached hydrogens (tertiary/aromatic N) is 5. The van der Waals surface area contributed by atoms with Crippen LogP contribution in [-0.2, 0) is 20.5 Å². The van der Waals surface area contributed by atoms with Crippen molar-refractivity contribution >= 4 is 51.8 Å². The number of ether oxygens (including phenoxy) is 2. The third kappa shape index (κ3) is 8.56. The number of benzene rings is 2. The molecule has 3 fully saturated rings. The largest absolute Gasteiger partial charge is 0.494 e. The van der Waals surface area contributed by atoms with Crippen molar-refractivity contribution in [1.82, 2.24) is 29.9 Å². The van der Waals surface area contributed by atoms with Crippen LogP contribution in [0.25, 0.3) is 10.9 Å². The Hall–Kier alpha value is -5.88. The van der Waals surface area contributed by atoms with Crippen molar-refractivity contribution in [2.24, 2.45) is 5.92 Å². The SMILES string of the molecule is COc1cc2nn(C3CCC(CN4CCO[C@H](CCCNc5cccc6c5C(=O)N(C5CCC(=O)NC5=O)C6=O)C4)CC3)cc2cc1NC(=O)c1cccc(C(F)(F)F)n1. The molecular formula is C42H45F3N8O7. The first kappa shape index (κ1) is 40.9. The van der Waals surface area contributed by atoms with E-state index in [1.807, 2.05) is 10.9 Å². The first-order valence-electron chi connectivity index (χ1n) is 20.2. The van der Waals surface area contributed by atoms with Gasteiger partial charge in [-0.1, -0.05) is 12.1 Å². The van der Waals surface area contributed by atoms with E-state index in [1.165, 1.54) is 13.2 Å². The fourth-order valence-corrected chi connectivity index (χ4v) is 8.72. The molecule has 0 radical (unpaired) electrons. The maximum absolute atomic E-state index is 13.4. The molecule has 0 spiro atoms. The second kappa shape index (κ2) is 17.0. The van der Waals surface area contributed by atoms with Crippen LogP contribution in [0.1, 0.15) is 94.3 Å². The summed E-state index contributed by atoms with van der Waals surface area (Å²) >= 11 is 0. The lowest BCUT2D eigenvalue weighted by atomic mass is 9.85. The normalized spacial score (nSPS) is 22.5. The number of carbonyl (C=O) groups excluding carboxylic acids is 5. The number of morpholine rings is 1. The van der Waals surface area contributed by atoms with Crippen molar-refractivity contribution < 1.29 is 46.6 Å². The summed E-state index contributed by atoms with van der Waals surface area (Å²) in [6.45, 7) is 3.86. The Kier molecular flexibility index (Phi) is 11.6. The van der Waals surface area contributed by atoms with E-state index in [1.54, 1.807) is 30.3 Å². The number of hydrogen-bond acceptors (Lipinski definition) is 11. The highest BCUT2D eigenvalue weighted by molar-refractivity contribution is 6.25. The van der Waals surface area contributed by atoms with Crippen LogP contribution in [0, 0.1) is 5.92 Å². The van der Waals surface area contributed by atoms with Gasteiger partial charge in [0.15, 0.2) is 0 Å². The summed E-state index contributed by atoms with van der Waals surface area (Å²) in [6, 6.07) is 10.8. The minimum Gasteiger partial charge on any atom is -0.494 e. The number of anilines is 2. The van der Waals surface area contributed by atoms with Crippen LogP contribution in [0.2, 0.25) is 0 Å². The number of imide groups is 2. The van der Waals surface area contributed by atoms with E-state index < -0.39 is 47.4 Å². The van der Waals surface area contributed by atoms with Crippen LogP contribution in [0.4, 0.5) is 24.5 Å². The van der Waals surface area contributed by atoms with E-state index in [4.69, 9.17) is 14.6 Å². The summed E-state index contributed by atoms with van der Waals surface area (Å²) in [5.41, 5.74) is 0.476. The van der Waals surface area contributed by atoms with Crippen LogP contribution in [0.15, 0.2) is 54.7 Å². The molecule has 2 saturated heterocycles. The molecule has 1 unspecified atom stereocenters. The zero-order valence-corrected chi connectivity index (χ0v) is 32.9. The molecule has 4 aliphatic rings. The Bertz CT molecular complexity index is 2330. The fourth-order valence-electron chi connectivity index (χ4n) is 8.72. The summed E-state index contributed by atoms with van der Waals surface area (Å²) in [6.07, 6.45) is 3.02. The molecular weight excluding hydrogens is 786 g/mol. The van der Waals surface area contributed by atoms with Gasteiger partial charge in [-0.2, -0.15) is 18.3 Å². The number of aromatic nitrogens is 3. The number of alkyl halides is 3. The van der Waals surface area contributed by atoms with Crippen LogP contribution in [-0.4, -0.2) is 106 Å². The van der Waals surface area contributed by atoms with Gasteiger partial charge in [0.1, 0.15) is 23.2 Å². The van der Waals surface area contributed by atoms with Crippen molar-refractivity contribution in [2.75, 3.05) is 50.5 Å². The first-order chi connectivity index (χ1) is 28.9. The molecule has 18 heteroatoms. The summed E-state index contributed by atoms with van der Waals surface area (Å²) in [4.78, 5) is 70.5. The third-order valence-electron chi connectivity index (χ3n) is 11.8. The summed E-state index contributed by atoms with van der Waals surface area (Å²) in [5, 5.41) is 13.8. The Morgan fingerprint density at radius 3 is 2.57 bits per heavy atom. The quantitative estimate of drug-likeness (QED) is 0.123. The van der Waals surface area contributed by atoms with Crippen molar-refractivity contribution in [3.8, 4) is 5.75 Å². The predicted molar refractivity (Wildman–Crippen MR) is 211 cm³/mol. The number of halogens is 3. The van der Waals surface area contributed by atoms with Crippen LogP contribution >= 0.6 is 0 Å². The number of hydrogen-bond donors (Lipinski definition) is 3. The maximum atomic E-state index is 13.4. The second-order valence-corrected chi connectivity index (χ2v) is 15.8. The van der Waals surface area contributed by atoms with Crippen molar-refractivity contribution in [3.63, 3.8) is 0 Å². The molecule has 2 aromatic carbocycles. The van der Waals surface area contributed by atoms with Crippen LogP contribution in [0.5, 0.6) is 5.75 Å². The van der Waals surface area contributed by atoms with Gasteiger partial charge in [-0.15, -0.1) is 0 Å². The van der Waals surface area contributed by atoms with E-state index in [0.717, 1.165) is 80.6 Å². The van der Waals surface area contributed by atoms with E-state index in [-0.39, 0.29) is 41.8 Å². The zero-order chi connectivity index (χ0) is 42.1. The Labute approximate surface area is 342 Å². The number of amides is 5. The second-order valence-electron chi connectivity index (χ2n) is 15.8. The Balaban J connectivity index is 0.803. The molecule has 3 aliphatic heterocycles. The average Bonchev–Trinajstić information content (AvgIpc) is 3.76. The number of nitrogens with one attached hydrogen (secondary N) is 3. The van der Waals surface area contributed by atoms with Gasteiger partial charge in [0.25, 0.3) is 17.7 Å². The zero-order valence-electron chi connectivity index (χ0n) is 32.9. The summed E-state index contributed by atoms with van der Waals surface area (Å²) in [5.74, 6) is -2.07. The standard InChI is InChI=1S/C42H45F3N8O7/c1-59-34-20-31-25(19-32(34)48-38(55)30-8-3-9-35(47-30)42(43,44)45)22-52(50-31)26-12-10-24(11-13-26)21-51-17-18-60-27(23-51)5-4-16-46-29-7-2-6-28-37(29)41(58)53(40(28)57)33-14-15-36(54)49-39(33)56/h2-3,6-9,19-20,22,24,26-27,33,46H,4-5,10-18,21,23H2,1H3,(H,48,55)(H,49,54,56)/t24?,26?,27-,33?/m1/s1. The van der Waals surface area contributed by atoms with E-state index in [9.17, 15) is 37.1 Å². The first-order valence-corrected chi connectivity index (χ1v) is 20.2. The highest BCUT2D eigenvalue weighted by Crippen LogP contribution is 2.37. The van der Waals surface area contributed by atoms with E-state index in [0.29, 0.717) is 41.7 Å². The lowest BCUT2D eigenvalue weighted by Crippen LogP contribution is -2.54.